The Hall–Kier alpha value is -0.790. The fourth-order valence-corrected chi connectivity index (χ4v) is 2.14. The zero-order valence-corrected chi connectivity index (χ0v) is 9.17. The molecule has 2 heteroatoms. The van der Waals surface area contributed by atoms with Crippen LogP contribution in [0.1, 0.15) is 45.4 Å². The lowest BCUT2D eigenvalue weighted by atomic mass is 9.97. The summed E-state index contributed by atoms with van der Waals surface area (Å²) >= 11 is 0. The van der Waals surface area contributed by atoms with Crippen molar-refractivity contribution in [1.82, 2.24) is 4.90 Å². The van der Waals surface area contributed by atoms with Crippen LogP contribution >= 0.6 is 0 Å². The van der Waals surface area contributed by atoms with Crippen molar-refractivity contribution in [1.29, 1.82) is 0 Å². The average Bonchev–Trinajstić information content (AvgIpc) is 2.25. The topological polar surface area (TPSA) is 20.3 Å². The maximum Gasteiger partial charge on any atom is 0.222 e. The van der Waals surface area contributed by atoms with E-state index in [4.69, 9.17) is 0 Å². The molecule has 80 valence electrons. The van der Waals surface area contributed by atoms with Gasteiger partial charge in [-0.15, -0.1) is 6.58 Å². The standard InChI is InChI=1S/C12H21NO/c1-3-5-8-11-9-6-7-10-13(11)12(14)4-2/h3,11H,1,4-10H2,2H3. The van der Waals surface area contributed by atoms with Crippen molar-refractivity contribution in [2.24, 2.45) is 0 Å². The number of carbonyl (C=O) groups is 1. The summed E-state index contributed by atoms with van der Waals surface area (Å²) in [7, 11) is 0. The molecular weight excluding hydrogens is 174 g/mol. The summed E-state index contributed by atoms with van der Waals surface area (Å²) in [6.07, 6.45) is 8.34. The van der Waals surface area contributed by atoms with E-state index in [1.54, 1.807) is 0 Å². The molecule has 0 spiro atoms. The van der Waals surface area contributed by atoms with Gasteiger partial charge in [0.2, 0.25) is 5.91 Å². The van der Waals surface area contributed by atoms with Gasteiger partial charge in [0.25, 0.3) is 0 Å². The van der Waals surface area contributed by atoms with Gasteiger partial charge in [0, 0.05) is 19.0 Å². The van der Waals surface area contributed by atoms with E-state index in [9.17, 15) is 4.79 Å². The predicted octanol–water partition coefficient (Wildman–Crippen LogP) is 2.74. The monoisotopic (exact) mass is 195 g/mol. The molecule has 0 aromatic rings. The largest absolute Gasteiger partial charge is 0.340 e. The lowest BCUT2D eigenvalue weighted by Gasteiger charge is -2.35. The molecule has 0 aliphatic carbocycles. The van der Waals surface area contributed by atoms with Gasteiger partial charge in [0.1, 0.15) is 0 Å². The van der Waals surface area contributed by atoms with Crippen molar-refractivity contribution in [2.75, 3.05) is 6.54 Å². The highest BCUT2D eigenvalue weighted by Crippen LogP contribution is 2.21. The van der Waals surface area contributed by atoms with Gasteiger partial charge in [-0.25, -0.2) is 0 Å². The molecule has 1 rings (SSSR count). The normalized spacial score (nSPS) is 22.1. The maximum atomic E-state index is 11.6. The minimum Gasteiger partial charge on any atom is -0.340 e. The van der Waals surface area contributed by atoms with Crippen LogP contribution < -0.4 is 0 Å². The molecule has 2 nitrogen and oxygen atoms in total. The summed E-state index contributed by atoms with van der Waals surface area (Å²) in [5.74, 6) is 0.318. The van der Waals surface area contributed by atoms with E-state index in [-0.39, 0.29) is 0 Å². The van der Waals surface area contributed by atoms with Crippen LogP contribution in [0.4, 0.5) is 0 Å². The molecule has 1 unspecified atom stereocenters. The Morgan fingerprint density at radius 3 is 3.00 bits per heavy atom. The van der Waals surface area contributed by atoms with E-state index in [0.29, 0.717) is 18.4 Å². The number of amides is 1. The summed E-state index contributed by atoms with van der Waals surface area (Å²) in [4.78, 5) is 13.7. The molecule has 1 heterocycles. The Morgan fingerprint density at radius 2 is 2.36 bits per heavy atom. The van der Waals surface area contributed by atoms with E-state index in [0.717, 1.165) is 19.4 Å². The SMILES string of the molecule is C=CCCC1CCCCN1C(=O)CC. The Morgan fingerprint density at radius 1 is 1.57 bits per heavy atom. The first-order valence-electron chi connectivity index (χ1n) is 5.70. The second kappa shape index (κ2) is 5.84. The Bertz CT molecular complexity index is 200. The van der Waals surface area contributed by atoms with Crippen molar-refractivity contribution in [2.45, 2.75) is 51.5 Å². The fourth-order valence-electron chi connectivity index (χ4n) is 2.14. The fraction of sp³-hybridized carbons (Fsp3) is 0.750. The van der Waals surface area contributed by atoms with Gasteiger partial charge in [-0.1, -0.05) is 13.0 Å². The zero-order valence-electron chi connectivity index (χ0n) is 9.17. The van der Waals surface area contributed by atoms with Crippen molar-refractivity contribution in [3.8, 4) is 0 Å². The van der Waals surface area contributed by atoms with Gasteiger partial charge < -0.3 is 4.90 Å². The van der Waals surface area contributed by atoms with E-state index in [1.807, 2.05) is 13.0 Å². The summed E-state index contributed by atoms with van der Waals surface area (Å²) in [5.41, 5.74) is 0. The molecule has 1 atom stereocenters. The predicted molar refractivity (Wildman–Crippen MR) is 59.1 cm³/mol. The summed E-state index contributed by atoms with van der Waals surface area (Å²) in [6.45, 7) is 6.64. The molecule has 0 bridgehead atoms. The van der Waals surface area contributed by atoms with Crippen LogP contribution in [-0.2, 0) is 4.79 Å². The lowest BCUT2D eigenvalue weighted by molar-refractivity contribution is -0.134. The quantitative estimate of drug-likeness (QED) is 0.632. The van der Waals surface area contributed by atoms with Gasteiger partial charge in [0.05, 0.1) is 0 Å². The third-order valence-electron chi connectivity index (χ3n) is 2.95. The number of carbonyl (C=O) groups excluding carboxylic acids is 1. The summed E-state index contributed by atoms with van der Waals surface area (Å²) in [5, 5.41) is 0. The van der Waals surface area contributed by atoms with Crippen LogP contribution in [0.2, 0.25) is 0 Å². The number of piperidine rings is 1. The summed E-state index contributed by atoms with van der Waals surface area (Å²) in [6, 6.07) is 0.481. The van der Waals surface area contributed by atoms with Gasteiger partial charge in [-0.3, -0.25) is 4.79 Å². The van der Waals surface area contributed by atoms with Crippen molar-refractivity contribution in [3.05, 3.63) is 12.7 Å². The van der Waals surface area contributed by atoms with Crippen molar-refractivity contribution >= 4 is 5.91 Å². The molecule has 1 fully saturated rings. The highest BCUT2D eigenvalue weighted by Gasteiger charge is 2.24. The van der Waals surface area contributed by atoms with Crippen LogP contribution in [0.3, 0.4) is 0 Å². The van der Waals surface area contributed by atoms with Crippen LogP contribution in [-0.4, -0.2) is 23.4 Å². The second-order valence-corrected chi connectivity index (χ2v) is 3.96. The van der Waals surface area contributed by atoms with Crippen LogP contribution in [0.5, 0.6) is 0 Å². The van der Waals surface area contributed by atoms with E-state index in [1.165, 1.54) is 19.3 Å². The third-order valence-corrected chi connectivity index (χ3v) is 2.95. The average molecular weight is 195 g/mol. The van der Waals surface area contributed by atoms with Gasteiger partial charge in [-0.05, 0) is 32.1 Å². The summed E-state index contributed by atoms with van der Waals surface area (Å²) < 4.78 is 0. The number of allylic oxidation sites excluding steroid dienone is 1. The molecule has 0 saturated carbocycles. The van der Waals surface area contributed by atoms with E-state index < -0.39 is 0 Å². The molecule has 0 radical (unpaired) electrons. The molecule has 1 aliphatic rings. The second-order valence-electron chi connectivity index (χ2n) is 3.96. The minimum atomic E-state index is 0.318. The van der Waals surface area contributed by atoms with Crippen LogP contribution in [0.15, 0.2) is 12.7 Å². The molecule has 1 amide bonds. The Labute approximate surface area is 87.0 Å². The van der Waals surface area contributed by atoms with Gasteiger partial charge >= 0.3 is 0 Å². The number of nitrogens with zero attached hydrogens (tertiary/aromatic N) is 1. The lowest BCUT2D eigenvalue weighted by Crippen LogP contribution is -2.43. The molecule has 0 aromatic carbocycles. The molecule has 0 N–H and O–H groups in total. The maximum absolute atomic E-state index is 11.6. The first-order chi connectivity index (χ1) is 6.79. The molecular formula is C12H21NO. The van der Waals surface area contributed by atoms with Crippen LogP contribution in [0.25, 0.3) is 0 Å². The number of rotatable bonds is 4. The Kier molecular flexibility index (Phi) is 4.71. The molecule has 14 heavy (non-hydrogen) atoms. The zero-order chi connectivity index (χ0) is 10.4. The van der Waals surface area contributed by atoms with E-state index in [2.05, 4.69) is 11.5 Å². The smallest absolute Gasteiger partial charge is 0.222 e. The van der Waals surface area contributed by atoms with Crippen molar-refractivity contribution < 1.29 is 4.79 Å². The molecule has 0 aromatic heterocycles. The van der Waals surface area contributed by atoms with E-state index >= 15 is 0 Å². The minimum absolute atomic E-state index is 0.318. The van der Waals surface area contributed by atoms with Crippen LogP contribution in [0, 0.1) is 0 Å². The van der Waals surface area contributed by atoms with Crippen molar-refractivity contribution in [3.63, 3.8) is 0 Å². The highest BCUT2D eigenvalue weighted by atomic mass is 16.2. The first-order valence-corrected chi connectivity index (χ1v) is 5.70. The third kappa shape index (κ3) is 2.86. The number of likely N-dealkylation sites (tertiary alicyclic amines) is 1. The Balaban J connectivity index is 2.49. The highest BCUT2D eigenvalue weighted by molar-refractivity contribution is 5.76. The first kappa shape index (κ1) is 11.3. The number of hydrogen-bond acceptors (Lipinski definition) is 1. The van der Waals surface area contributed by atoms with Gasteiger partial charge in [-0.2, -0.15) is 0 Å². The molecule has 1 saturated heterocycles. The molecule has 1 aliphatic heterocycles. The number of hydrogen-bond donors (Lipinski definition) is 0. The van der Waals surface area contributed by atoms with Gasteiger partial charge in [0.15, 0.2) is 0 Å².